The minimum Gasteiger partial charge on any atom is -0.474 e. The van der Waals surface area contributed by atoms with Gasteiger partial charge in [-0.3, -0.25) is 9.59 Å². The van der Waals surface area contributed by atoms with E-state index in [4.69, 9.17) is 9.47 Å². The third kappa shape index (κ3) is 3.70. The zero-order chi connectivity index (χ0) is 16.9. The highest BCUT2D eigenvalue weighted by atomic mass is 16.5. The van der Waals surface area contributed by atoms with Crippen molar-refractivity contribution in [3.63, 3.8) is 0 Å². The van der Waals surface area contributed by atoms with Crippen molar-refractivity contribution < 1.29 is 14.3 Å². The molecule has 0 unspecified atom stereocenters. The maximum atomic E-state index is 12.4. The lowest BCUT2D eigenvalue weighted by molar-refractivity contribution is 0.0586. The van der Waals surface area contributed by atoms with Crippen molar-refractivity contribution >= 4 is 5.91 Å². The Bertz CT molecular complexity index is 768. The van der Waals surface area contributed by atoms with E-state index < -0.39 is 0 Å². The van der Waals surface area contributed by atoms with Gasteiger partial charge in [-0.1, -0.05) is 0 Å². The monoisotopic (exact) mass is 330 g/mol. The molecule has 0 atom stereocenters. The number of carbonyl (C=O) groups excluding carboxylic acids is 1. The van der Waals surface area contributed by atoms with E-state index in [2.05, 4.69) is 15.0 Å². The lowest BCUT2D eigenvalue weighted by Gasteiger charge is -2.31. The number of nitrogens with one attached hydrogen (secondary N) is 1. The summed E-state index contributed by atoms with van der Waals surface area (Å²) in [7, 11) is 1.50. The molecular weight excluding hydrogens is 312 g/mol. The molecule has 1 saturated heterocycles. The standard InChI is InChI=1S/C16H18N4O4/c1-23-16-18-7-3-14(19-16)24-12-4-8-20(9-5-12)15(22)11-2-6-17-13(21)10-11/h2-3,6-7,10,12H,4-5,8-9H2,1H3,(H,17,21). The fraction of sp³-hybridized carbons (Fsp3) is 0.375. The van der Waals surface area contributed by atoms with Crippen molar-refractivity contribution in [2.75, 3.05) is 20.2 Å². The quantitative estimate of drug-likeness (QED) is 0.893. The first-order chi connectivity index (χ1) is 11.7. The van der Waals surface area contributed by atoms with E-state index in [1.165, 1.54) is 19.4 Å². The summed E-state index contributed by atoms with van der Waals surface area (Å²) in [5.74, 6) is 0.324. The van der Waals surface area contributed by atoms with Crippen LogP contribution in [0.15, 0.2) is 35.4 Å². The Morgan fingerprint density at radius 1 is 1.33 bits per heavy atom. The first kappa shape index (κ1) is 16.0. The molecule has 3 rings (SSSR count). The summed E-state index contributed by atoms with van der Waals surface area (Å²) in [6.07, 6.45) is 4.43. The second-order valence-electron chi connectivity index (χ2n) is 5.43. The largest absolute Gasteiger partial charge is 0.474 e. The Morgan fingerprint density at radius 3 is 2.83 bits per heavy atom. The molecule has 1 N–H and O–H groups in total. The highest BCUT2D eigenvalue weighted by molar-refractivity contribution is 5.94. The number of aromatic nitrogens is 3. The molecule has 0 saturated carbocycles. The topological polar surface area (TPSA) is 97.4 Å². The van der Waals surface area contributed by atoms with E-state index in [9.17, 15) is 9.59 Å². The van der Waals surface area contributed by atoms with Gasteiger partial charge >= 0.3 is 6.01 Å². The first-order valence-corrected chi connectivity index (χ1v) is 7.67. The Labute approximate surface area is 138 Å². The summed E-state index contributed by atoms with van der Waals surface area (Å²) in [5.41, 5.74) is 0.121. The summed E-state index contributed by atoms with van der Waals surface area (Å²) in [4.78, 5) is 36.0. The van der Waals surface area contributed by atoms with Crippen molar-refractivity contribution in [1.29, 1.82) is 0 Å². The van der Waals surface area contributed by atoms with Crippen LogP contribution in [-0.2, 0) is 0 Å². The molecule has 0 bridgehead atoms. The first-order valence-electron chi connectivity index (χ1n) is 7.67. The predicted molar refractivity (Wildman–Crippen MR) is 85.2 cm³/mol. The van der Waals surface area contributed by atoms with E-state index >= 15 is 0 Å². The van der Waals surface area contributed by atoms with Gasteiger partial charge in [0.15, 0.2) is 0 Å². The predicted octanol–water partition coefficient (Wildman–Crippen LogP) is 0.857. The van der Waals surface area contributed by atoms with Gasteiger partial charge in [0.2, 0.25) is 11.4 Å². The highest BCUT2D eigenvalue weighted by Crippen LogP contribution is 2.19. The fourth-order valence-electron chi connectivity index (χ4n) is 2.60. The van der Waals surface area contributed by atoms with Crippen molar-refractivity contribution in [3.8, 4) is 11.9 Å². The van der Waals surface area contributed by atoms with Gasteiger partial charge < -0.3 is 19.4 Å². The molecule has 126 valence electrons. The van der Waals surface area contributed by atoms with Crippen LogP contribution in [0.4, 0.5) is 0 Å². The van der Waals surface area contributed by atoms with Gasteiger partial charge in [-0.15, -0.1) is 0 Å². The number of pyridine rings is 1. The minimum absolute atomic E-state index is 0.0205. The number of ether oxygens (including phenoxy) is 2. The number of aromatic amines is 1. The molecule has 0 aromatic carbocycles. The smallest absolute Gasteiger partial charge is 0.319 e. The van der Waals surface area contributed by atoms with Gasteiger partial charge in [-0.2, -0.15) is 4.98 Å². The Kier molecular flexibility index (Phi) is 4.74. The normalized spacial score (nSPS) is 15.1. The van der Waals surface area contributed by atoms with Crippen LogP contribution in [0.3, 0.4) is 0 Å². The van der Waals surface area contributed by atoms with Crippen LogP contribution in [0.25, 0.3) is 0 Å². The molecule has 2 aromatic heterocycles. The number of hydrogen-bond donors (Lipinski definition) is 1. The Hall–Kier alpha value is -2.90. The van der Waals surface area contributed by atoms with Crippen LogP contribution < -0.4 is 15.0 Å². The highest BCUT2D eigenvalue weighted by Gasteiger charge is 2.25. The van der Waals surface area contributed by atoms with Crippen LogP contribution >= 0.6 is 0 Å². The molecular formula is C16H18N4O4. The molecule has 2 aromatic rings. The van der Waals surface area contributed by atoms with E-state index in [0.717, 1.165) is 0 Å². The number of likely N-dealkylation sites (tertiary alicyclic amines) is 1. The molecule has 8 nitrogen and oxygen atoms in total. The fourth-order valence-corrected chi connectivity index (χ4v) is 2.60. The second-order valence-corrected chi connectivity index (χ2v) is 5.43. The molecule has 1 aliphatic rings. The van der Waals surface area contributed by atoms with Crippen molar-refractivity contribution in [1.82, 2.24) is 19.9 Å². The number of nitrogens with zero attached hydrogens (tertiary/aromatic N) is 3. The number of rotatable bonds is 4. The molecule has 0 spiro atoms. The van der Waals surface area contributed by atoms with Crippen LogP contribution in [0.1, 0.15) is 23.2 Å². The van der Waals surface area contributed by atoms with Gasteiger partial charge in [0.05, 0.1) is 7.11 Å². The minimum atomic E-state index is -0.281. The second kappa shape index (κ2) is 7.12. The number of amides is 1. The van der Waals surface area contributed by atoms with E-state index in [1.807, 2.05) is 0 Å². The van der Waals surface area contributed by atoms with Crippen molar-refractivity contribution in [2.24, 2.45) is 0 Å². The summed E-state index contributed by atoms with van der Waals surface area (Å²) in [5, 5.41) is 0. The number of H-pyrrole nitrogens is 1. The third-order valence-corrected chi connectivity index (χ3v) is 3.83. The zero-order valence-electron chi connectivity index (χ0n) is 13.3. The molecule has 3 heterocycles. The molecule has 1 amide bonds. The Balaban J connectivity index is 1.57. The molecule has 0 aliphatic carbocycles. The molecule has 0 radical (unpaired) electrons. The van der Waals surface area contributed by atoms with Crippen LogP contribution in [0.2, 0.25) is 0 Å². The van der Waals surface area contributed by atoms with Gasteiger partial charge in [-0.25, -0.2) is 4.98 Å². The third-order valence-electron chi connectivity index (χ3n) is 3.83. The van der Waals surface area contributed by atoms with Crippen LogP contribution in [-0.4, -0.2) is 52.1 Å². The van der Waals surface area contributed by atoms with Crippen molar-refractivity contribution in [3.05, 3.63) is 46.5 Å². The number of piperidine rings is 1. The van der Waals surface area contributed by atoms with Crippen molar-refractivity contribution in [2.45, 2.75) is 18.9 Å². The molecule has 1 aliphatic heterocycles. The average molecular weight is 330 g/mol. The molecule has 8 heteroatoms. The van der Waals surface area contributed by atoms with E-state index in [0.29, 0.717) is 37.4 Å². The number of methoxy groups -OCH3 is 1. The number of carbonyl (C=O) groups is 1. The van der Waals surface area contributed by atoms with E-state index in [-0.39, 0.29) is 23.6 Å². The lowest BCUT2D eigenvalue weighted by atomic mass is 10.1. The number of hydrogen-bond acceptors (Lipinski definition) is 6. The summed E-state index contributed by atoms with van der Waals surface area (Å²) >= 11 is 0. The maximum Gasteiger partial charge on any atom is 0.319 e. The molecule has 1 fully saturated rings. The summed E-state index contributed by atoms with van der Waals surface area (Å²) in [6, 6.07) is 4.86. The summed E-state index contributed by atoms with van der Waals surface area (Å²) in [6.45, 7) is 1.14. The lowest BCUT2D eigenvalue weighted by Crippen LogP contribution is -2.42. The SMILES string of the molecule is COc1nccc(OC2CCN(C(=O)c3cc[nH]c(=O)c3)CC2)n1. The molecule has 24 heavy (non-hydrogen) atoms. The van der Waals surface area contributed by atoms with Crippen LogP contribution in [0, 0.1) is 0 Å². The zero-order valence-corrected chi connectivity index (χ0v) is 13.3. The maximum absolute atomic E-state index is 12.4. The van der Waals surface area contributed by atoms with Gasteiger partial charge in [0.25, 0.3) is 5.91 Å². The summed E-state index contributed by atoms with van der Waals surface area (Å²) < 4.78 is 10.8. The van der Waals surface area contributed by atoms with Gasteiger partial charge in [0.1, 0.15) is 6.10 Å². The van der Waals surface area contributed by atoms with Gasteiger partial charge in [-0.05, 0) is 6.07 Å². The Morgan fingerprint density at radius 2 is 2.12 bits per heavy atom. The van der Waals surface area contributed by atoms with E-state index in [1.54, 1.807) is 23.2 Å². The van der Waals surface area contributed by atoms with Gasteiger partial charge in [0, 0.05) is 56.0 Å². The van der Waals surface area contributed by atoms with Crippen LogP contribution in [0.5, 0.6) is 11.9 Å². The average Bonchev–Trinajstić information content (AvgIpc) is 2.62.